The van der Waals surface area contributed by atoms with E-state index in [1.165, 1.54) is 18.2 Å². The fourth-order valence-electron chi connectivity index (χ4n) is 1.73. The average molecular weight is 258 g/mol. The highest BCUT2D eigenvalue weighted by atomic mass is 19.1. The Morgan fingerprint density at radius 1 is 1.58 bits per heavy atom. The Morgan fingerprint density at radius 3 is 3.05 bits per heavy atom. The Labute approximate surface area is 109 Å². The van der Waals surface area contributed by atoms with E-state index in [1.54, 1.807) is 19.2 Å². The van der Waals surface area contributed by atoms with Crippen molar-refractivity contribution in [3.05, 3.63) is 47.2 Å². The van der Waals surface area contributed by atoms with Crippen LogP contribution in [-0.4, -0.2) is 17.6 Å². The molecule has 0 atom stereocenters. The molecule has 0 saturated heterocycles. The minimum absolute atomic E-state index is 0.0322. The second-order valence-corrected chi connectivity index (χ2v) is 3.79. The lowest BCUT2D eigenvalue weighted by molar-refractivity contribution is -0.137. The van der Waals surface area contributed by atoms with Crippen LogP contribution in [0.25, 0.3) is 21.8 Å². The molecule has 0 fully saturated rings. The van der Waals surface area contributed by atoms with Gasteiger partial charge in [0, 0.05) is 23.2 Å². The predicted octanol–water partition coefficient (Wildman–Crippen LogP) is 3.43. The van der Waals surface area contributed by atoms with Gasteiger partial charge in [0.15, 0.2) is 0 Å². The second kappa shape index (κ2) is 5.36. The number of aromatic nitrogens is 1. The Morgan fingerprint density at radius 2 is 2.37 bits per heavy atom. The number of H-pyrrole nitrogens is 1. The number of aromatic amines is 1. The summed E-state index contributed by atoms with van der Waals surface area (Å²) in [6.45, 7) is 8.87. The third kappa shape index (κ3) is 2.63. The van der Waals surface area contributed by atoms with Gasteiger partial charge in [-0.3, -0.25) is 0 Å². The smallest absolute Gasteiger partial charge is 0.330 e. The summed E-state index contributed by atoms with van der Waals surface area (Å²) >= 11 is 0. The van der Waals surface area contributed by atoms with Crippen molar-refractivity contribution >= 4 is 28.6 Å². The average Bonchev–Trinajstić information content (AvgIpc) is 2.78. The maximum Gasteiger partial charge on any atom is 0.330 e. The highest BCUT2D eigenvalue weighted by molar-refractivity contribution is 5.95. The topological polar surface area (TPSA) is 46.5 Å². The monoisotopic (exact) mass is 258 g/mol. The van der Waals surface area contributed by atoms with Crippen molar-refractivity contribution in [1.29, 1.82) is 0 Å². The number of fused-ring (bicyclic) bond motifs is 1. The van der Waals surface area contributed by atoms with Crippen molar-refractivity contribution in [2.24, 2.45) is 0 Å². The van der Waals surface area contributed by atoms with Gasteiger partial charge >= 0.3 is 5.97 Å². The van der Waals surface area contributed by atoms with Gasteiger partial charge in [-0.05, 0) is 30.7 Å². The molecule has 2 aromatic rings. The van der Waals surface area contributed by atoms with Crippen LogP contribution >= 0.6 is 0 Å². The van der Waals surface area contributed by atoms with E-state index in [0.29, 0.717) is 23.1 Å². The molecule has 5 heteroatoms. The molecule has 0 bridgehead atoms. The van der Waals surface area contributed by atoms with Gasteiger partial charge in [-0.15, -0.1) is 0 Å². The van der Waals surface area contributed by atoms with Gasteiger partial charge in [0.2, 0.25) is 5.69 Å². The number of nitrogens with one attached hydrogen (secondary N) is 1. The van der Waals surface area contributed by atoms with Gasteiger partial charge in [-0.25, -0.2) is 14.0 Å². The lowest BCUT2D eigenvalue weighted by atomic mass is 10.1. The van der Waals surface area contributed by atoms with Crippen LogP contribution in [0, 0.1) is 12.4 Å². The highest BCUT2D eigenvalue weighted by Gasteiger charge is 2.08. The molecule has 96 valence electrons. The zero-order chi connectivity index (χ0) is 13.8. The SMILES string of the molecule is [C-]#[N+]c1cc2[nH]cc(/C=C/C(=O)OCC)c2cc1F. The third-order valence-electron chi connectivity index (χ3n) is 2.59. The van der Waals surface area contributed by atoms with E-state index in [0.717, 1.165) is 0 Å². The molecule has 2 rings (SSSR count). The number of halogens is 1. The number of benzene rings is 1. The fourth-order valence-corrected chi connectivity index (χ4v) is 1.73. The quantitative estimate of drug-likeness (QED) is 0.521. The van der Waals surface area contributed by atoms with Crippen molar-refractivity contribution in [3.63, 3.8) is 0 Å². The van der Waals surface area contributed by atoms with Crippen LogP contribution in [-0.2, 0) is 9.53 Å². The zero-order valence-corrected chi connectivity index (χ0v) is 10.2. The summed E-state index contributed by atoms with van der Waals surface area (Å²) in [5.74, 6) is -1.03. The summed E-state index contributed by atoms with van der Waals surface area (Å²) in [4.78, 5) is 17.2. The molecular formula is C14H11FN2O2. The molecule has 0 aliphatic heterocycles. The number of esters is 1. The minimum atomic E-state index is -0.576. The molecule has 0 spiro atoms. The van der Waals surface area contributed by atoms with E-state index >= 15 is 0 Å². The summed E-state index contributed by atoms with van der Waals surface area (Å²) in [5.41, 5.74) is 1.28. The van der Waals surface area contributed by atoms with Gasteiger partial charge in [0.05, 0.1) is 13.2 Å². The molecule has 1 heterocycles. The molecule has 19 heavy (non-hydrogen) atoms. The molecule has 0 unspecified atom stereocenters. The number of hydrogen-bond donors (Lipinski definition) is 1. The van der Waals surface area contributed by atoms with Crippen LogP contribution in [0.2, 0.25) is 0 Å². The Kier molecular flexibility index (Phi) is 3.62. The molecule has 0 radical (unpaired) electrons. The largest absolute Gasteiger partial charge is 0.463 e. The highest BCUT2D eigenvalue weighted by Crippen LogP contribution is 2.27. The number of rotatable bonds is 3. The first kappa shape index (κ1) is 12.8. The van der Waals surface area contributed by atoms with Crippen LogP contribution in [0.3, 0.4) is 0 Å². The maximum atomic E-state index is 13.6. The summed E-state index contributed by atoms with van der Waals surface area (Å²) in [5, 5.41) is 0.616. The predicted molar refractivity (Wildman–Crippen MR) is 70.2 cm³/mol. The molecule has 0 amide bonds. The van der Waals surface area contributed by atoms with Gasteiger partial charge in [0.25, 0.3) is 0 Å². The molecular weight excluding hydrogens is 247 g/mol. The van der Waals surface area contributed by atoms with E-state index in [4.69, 9.17) is 11.3 Å². The first-order chi connectivity index (χ1) is 9.15. The van der Waals surface area contributed by atoms with Crippen molar-refractivity contribution in [2.75, 3.05) is 6.61 Å². The molecule has 1 aromatic heterocycles. The number of hydrogen-bond acceptors (Lipinski definition) is 2. The number of carbonyl (C=O) groups is 1. The summed E-state index contributed by atoms with van der Waals surface area (Å²) in [7, 11) is 0. The molecule has 0 aliphatic rings. The lowest BCUT2D eigenvalue weighted by Gasteiger charge is -1.97. The van der Waals surface area contributed by atoms with E-state index < -0.39 is 11.8 Å². The second-order valence-electron chi connectivity index (χ2n) is 3.79. The first-order valence-corrected chi connectivity index (χ1v) is 5.68. The number of ether oxygens (including phenoxy) is 1. The van der Waals surface area contributed by atoms with Crippen LogP contribution < -0.4 is 0 Å². The van der Waals surface area contributed by atoms with E-state index in [9.17, 15) is 9.18 Å². The normalized spacial score (nSPS) is 10.8. The summed E-state index contributed by atoms with van der Waals surface area (Å²) in [6.07, 6.45) is 4.48. The van der Waals surface area contributed by atoms with E-state index in [-0.39, 0.29) is 5.69 Å². The Balaban J connectivity index is 2.38. The van der Waals surface area contributed by atoms with Gasteiger partial charge in [0.1, 0.15) is 5.82 Å². The van der Waals surface area contributed by atoms with Crippen molar-refractivity contribution in [1.82, 2.24) is 4.98 Å². The van der Waals surface area contributed by atoms with Crippen LogP contribution in [0.15, 0.2) is 24.4 Å². The van der Waals surface area contributed by atoms with Crippen LogP contribution in [0.4, 0.5) is 10.1 Å². The Hall–Kier alpha value is -2.61. The minimum Gasteiger partial charge on any atom is -0.463 e. The van der Waals surface area contributed by atoms with Gasteiger partial charge in [-0.1, -0.05) is 0 Å². The fraction of sp³-hybridized carbons (Fsp3) is 0.143. The lowest BCUT2D eigenvalue weighted by Crippen LogP contribution is -1.98. The number of nitrogens with zero attached hydrogens (tertiary/aromatic N) is 1. The standard InChI is InChI=1S/C14H11FN2O2/c1-3-19-14(18)5-4-9-8-17-12-7-13(16-2)11(15)6-10(9)12/h4-8,17H,3H2,1H3/b5-4+. The molecule has 1 N–H and O–H groups in total. The third-order valence-corrected chi connectivity index (χ3v) is 2.59. The van der Waals surface area contributed by atoms with E-state index in [2.05, 4.69) is 9.83 Å². The summed E-state index contributed by atoms with van der Waals surface area (Å²) < 4.78 is 18.3. The zero-order valence-electron chi connectivity index (χ0n) is 10.2. The summed E-state index contributed by atoms with van der Waals surface area (Å²) in [6, 6.07) is 2.73. The van der Waals surface area contributed by atoms with Crippen molar-refractivity contribution in [2.45, 2.75) is 6.92 Å². The maximum absolute atomic E-state index is 13.6. The number of carbonyl (C=O) groups excluding carboxylic acids is 1. The molecule has 4 nitrogen and oxygen atoms in total. The Bertz CT molecular complexity index is 695. The van der Waals surface area contributed by atoms with Gasteiger partial charge in [-0.2, -0.15) is 0 Å². The van der Waals surface area contributed by atoms with Crippen molar-refractivity contribution < 1.29 is 13.9 Å². The van der Waals surface area contributed by atoms with Crippen LogP contribution in [0.5, 0.6) is 0 Å². The molecule has 1 aromatic carbocycles. The molecule has 0 aliphatic carbocycles. The van der Waals surface area contributed by atoms with Crippen LogP contribution in [0.1, 0.15) is 12.5 Å². The van der Waals surface area contributed by atoms with E-state index in [1.807, 2.05) is 0 Å². The van der Waals surface area contributed by atoms with Crippen molar-refractivity contribution in [3.8, 4) is 0 Å². The molecule has 0 saturated carbocycles. The van der Waals surface area contributed by atoms with Gasteiger partial charge < -0.3 is 9.72 Å². The first-order valence-electron chi connectivity index (χ1n) is 5.68.